The van der Waals surface area contributed by atoms with Crippen molar-refractivity contribution in [2.24, 2.45) is 5.92 Å². The molecule has 1 aliphatic heterocycles. The number of pyridine rings is 1. The molecule has 0 radical (unpaired) electrons. The molecular weight excluding hydrogens is 493 g/mol. The average molecular weight is 518 g/mol. The van der Waals surface area contributed by atoms with Crippen molar-refractivity contribution >= 4 is 51.7 Å². The molecule has 35 heavy (non-hydrogen) atoms. The fourth-order valence-corrected chi connectivity index (χ4v) is 4.68. The monoisotopic (exact) mass is 517 g/mol. The zero-order valence-electron chi connectivity index (χ0n) is 19.5. The van der Waals surface area contributed by atoms with Crippen molar-refractivity contribution in [1.82, 2.24) is 15.0 Å². The number of carbonyl (C=O) groups excluding carboxylic acids is 1. The maximum absolute atomic E-state index is 11.8. The summed E-state index contributed by atoms with van der Waals surface area (Å²) in [6, 6.07) is 3.33. The van der Waals surface area contributed by atoms with Crippen molar-refractivity contribution in [3.63, 3.8) is 0 Å². The summed E-state index contributed by atoms with van der Waals surface area (Å²) in [5, 5.41) is 7.72. The molecule has 0 bridgehead atoms. The summed E-state index contributed by atoms with van der Waals surface area (Å²) in [6.07, 6.45) is 3.38. The first kappa shape index (κ1) is 25.0. The van der Waals surface area contributed by atoms with E-state index in [1.54, 1.807) is 25.4 Å². The molecule has 184 valence electrons. The number of aromatic nitrogens is 3. The van der Waals surface area contributed by atoms with Gasteiger partial charge in [0.15, 0.2) is 11.6 Å². The summed E-state index contributed by atoms with van der Waals surface area (Å²) >= 11 is 13.2. The first-order valence-corrected chi connectivity index (χ1v) is 11.6. The van der Waals surface area contributed by atoms with Gasteiger partial charge in [0.25, 0.3) is 0 Å². The Morgan fingerprint density at radius 2 is 1.91 bits per heavy atom. The van der Waals surface area contributed by atoms with Crippen molar-refractivity contribution < 1.29 is 19.0 Å². The minimum Gasteiger partial charge on any atom is -0.495 e. The Morgan fingerprint density at radius 1 is 1.20 bits per heavy atom. The lowest BCUT2D eigenvalue weighted by molar-refractivity contribution is -0.115. The number of hydrogen-bond donors (Lipinski definition) is 2. The Hall–Kier alpha value is -3.14. The predicted octanol–water partition coefficient (Wildman–Crippen LogP) is 4.63. The van der Waals surface area contributed by atoms with Crippen molar-refractivity contribution in [3.8, 4) is 22.8 Å². The first-order valence-electron chi connectivity index (χ1n) is 10.9. The maximum atomic E-state index is 11.8. The summed E-state index contributed by atoms with van der Waals surface area (Å²) in [5.74, 6) is 1.74. The molecule has 0 aliphatic carbocycles. The van der Waals surface area contributed by atoms with Crippen molar-refractivity contribution in [1.29, 1.82) is 0 Å². The molecule has 1 aromatic carbocycles. The van der Waals surface area contributed by atoms with Gasteiger partial charge in [0, 0.05) is 42.6 Å². The van der Waals surface area contributed by atoms with Gasteiger partial charge in [-0.05, 0) is 12.1 Å². The van der Waals surface area contributed by atoms with Gasteiger partial charge in [0.1, 0.15) is 17.0 Å². The highest BCUT2D eigenvalue weighted by molar-refractivity contribution is 6.41. The number of benzene rings is 1. The van der Waals surface area contributed by atoms with Crippen LogP contribution in [0, 0.1) is 5.92 Å². The Labute approximate surface area is 212 Å². The molecule has 0 unspecified atom stereocenters. The van der Waals surface area contributed by atoms with Gasteiger partial charge in [0.05, 0.1) is 49.2 Å². The smallest absolute Gasteiger partial charge is 0.223 e. The van der Waals surface area contributed by atoms with Crippen LogP contribution in [0.15, 0.2) is 31.0 Å². The number of halogens is 2. The van der Waals surface area contributed by atoms with Gasteiger partial charge in [-0.2, -0.15) is 0 Å². The van der Waals surface area contributed by atoms with Crippen molar-refractivity contribution in [2.75, 3.05) is 45.1 Å². The summed E-state index contributed by atoms with van der Waals surface area (Å²) in [6.45, 7) is 4.49. The molecule has 3 heterocycles. The highest BCUT2D eigenvalue weighted by Crippen LogP contribution is 2.46. The summed E-state index contributed by atoms with van der Waals surface area (Å²) < 4.78 is 16.3. The Balaban J connectivity index is 1.72. The molecule has 4 rings (SSSR count). The number of ether oxygens (including phenoxy) is 3. The van der Waals surface area contributed by atoms with Gasteiger partial charge in [-0.3, -0.25) is 4.79 Å². The van der Waals surface area contributed by atoms with E-state index in [-0.39, 0.29) is 17.7 Å². The van der Waals surface area contributed by atoms with E-state index < -0.39 is 0 Å². The number of allylic oxidation sites excluding steroid dienone is 1. The largest absolute Gasteiger partial charge is 0.495 e. The van der Waals surface area contributed by atoms with Crippen LogP contribution in [0.25, 0.3) is 22.2 Å². The number of anilines is 2. The molecular formula is C24H25Cl2N5O4. The van der Waals surface area contributed by atoms with Crippen LogP contribution in [0.5, 0.6) is 11.5 Å². The summed E-state index contributed by atoms with van der Waals surface area (Å²) in [5.41, 5.74) is 1.59. The number of methoxy groups -OCH3 is 2. The van der Waals surface area contributed by atoms with Gasteiger partial charge in [0.2, 0.25) is 5.95 Å². The molecule has 1 saturated heterocycles. The standard InChI is InChI=1S/C24H25Cl2N5O4/c1-5-14(32)6-13-10-35-11-16(13)30-24-28-9-12-7-15(29-23(27-2)22(12)31-24)19-20(25)17(33-3)8-18(34-4)21(19)26/h5,7-9,13,16H,1,6,10-11H2,2-4H3,(H,27,29)(H,28,30,31)/t13-,16+/m0/s1. The molecule has 1 aliphatic rings. The molecule has 2 aromatic heterocycles. The molecule has 2 atom stereocenters. The van der Waals surface area contributed by atoms with Gasteiger partial charge in [-0.25, -0.2) is 15.0 Å². The SMILES string of the molecule is C=CC(=O)C[C@H]1COC[C@H]1Nc1ncc2cc(-c3c(Cl)c(OC)cc(OC)c3Cl)nc(NC)c2n1. The third kappa shape index (κ3) is 4.98. The molecule has 11 heteroatoms. The number of carbonyl (C=O) groups is 1. The lowest BCUT2D eigenvalue weighted by atomic mass is 9.97. The van der Waals surface area contributed by atoms with Crippen LogP contribution in [-0.4, -0.2) is 61.3 Å². The topological polar surface area (TPSA) is 107 Å². The number of hydrogen-bond acceptors (Lipinski definition) is 9. The van der Waals surface area contributed by atoms with E-state index in [0.717, 1.165) is 5.39 Å². The molecule has 0 saturated carbocycles. The van der Waals surface area contributed by atoms with E-state index in [0.29, 0.717) is 69.7 Å². The third-order valence-corrected chi connectivity index (χ3v) is 6.59. The average Bonchev–Trinajstić information content (AvgIpc) is 3.29. The minimum atomic E-state index is -0.0940. The third-order valence-electron chi connectivity index (χ3n) is 5.84. The van der Waals surface area contributed by atoms with Gasteiger partial charge >= 0.3 is 0 Å². The van der Waals surface area contributed by atoms with Crippen LogP contribution in [0.1, 0.15) is 6.42 Å². The van der Waals surface area contributed by atoms with Crippen LogP contribution in [0.4, 0.5) is 11.8 Å². The Kier molecular flexibility index (Phi) is 7.59. The second-order valence-corrected chi connectivity index (χ2v) is 8.70. The number of rotatable bonds is 9. The number of nitrogens with one attached hydrogen (secondary N) is 2. The van der Waals surface area contributed by atoms with E-state index in [4.69, 9.17) is 42.4 Å². The van der Waals surface area contributed by atoms with Crippen LogP contribution in [0.2, 0.25) is 10.0 Å². The van der Waals surface area contributed by atoms with Crippen molar-refractivity contribution in [3.05, 3.63) is 41.0 Å². The normalized spacial score (nSPS) is 17.3. The first-order chi connectivity index (χ1) is 16.9. The molecule has 3 aromatic rings. The summed E-state index contributed by atoms with van der Waals surface area (Å²) in [4.78, 5) is 25.7. The second-order valence-electron chi connectivity index (χ2n) is 7.94. The Bertz CT molecular complexity index is 1260. The molecule has 1 fully saturated rings. The van der Waals surface area contributed by atoms with Crippen molar-refractivity contribution in [2.45, 2.75) is 12.5 Å². The molecule has 9 nitrogen and oxygen atoms in total. The number of nitrogens with zero attached hydrogens (tertiary/aromatic N) is 3. The number of ketones is 1. The highest BCUT2D eigenvalue weighted by atomic mass is 35.5. The maximum Gasteiger partial charge on any atom is 0.223 e. The molecule has 0 spiro atoms. The van der Waals surface area contributed by atoms with Gasteiger partial charge in [-0.15, -0.1) is 0 Å². The van der Waals surface area contributed by atoms with E-state index in [9.17, 15) is 4.79 Å². The van der Waals surface area contributed by atoms with E-state index in [1.807, 2.05) is 0 Å². The van der Waals surface area contributed by atoms with E-state index in [1.165, 1.54) is 20.3 Å². The van der Waals surface area contributed by atoms with Gasteiger partial charge < -0.3 is 24.8 Å². The van der Waals surface area contributed by atoms with E-state index >= 15 is 0 Å². The number of fused-ring (bicyclic) bond motifs is 1. The lowest BCUT2D eigenvalue weighted by Gasteiger charge is -2.19. The van der Waals surface area contributed by atoms with E-state index in [2.05, 4.69) is 27.2 Å². The fraction of sp³-hybridized carbons (Fsp3) is 0.333. The Morgan fingerprint density at radius 3 is 2.54 bits per heavy atom. The molecule has 0 amide bonds. The quantitative estimate of drug-likeness (QED) is 0.392. The minimum absolute atomic E-state index is 0.0105. The van der Waals surface area contributed by atoms with Crippen LogP contribution < -0.4 is 20.1 Å². The highest BCUT2D eigenvalue weighted by Gasteiger charge is 2.30. The van der Waals surface area contributed by atoms with Crippen LogP contribution in [0.3, 0.4) is 0 Å². The summed E-state index contributed by atoms with van der Waals surface area (Å²) in [7, 11) is 4.78. The molecule has 2 N–H and O–H groups in total. The second kappa shape index (κ2) is 10.6. The van der Waals surface area contributed by atoms with Gasteiger partial charge in [-0.1, -0.05) is 29.8 Å². The zero-order valence-corrected chi connectivity index (χ0v) is 21.0. The predicted molar refractivity (Wildman–Crippen MR) is 137 cm³/mol. The fourth-order valence-electron chi connectivity index (χ4n) is 3.99. The zero-order chi connectivity index (χ0) is 25.1. The van der Waals surface area contributed by atoms with Crippen LogP contribution >= 0.6 is 23.2 Å². The lowest BCUT2D eigenvalue weighted by Crippen LogP contribution is -2.30. The van der Waals surface area contributed by atoms with Crippen LogP contribution in [-0.2, 0) is 9.53 Å².